The summed E-state index contributed by atoms with van der Waals surface area (Å²) < 4.78 is 0. The molecule has 3 aromatic rings. The Bertz CT molecular complexity index is 1220. The molecule has 0 unspecified atom stereocenters. The van der Waals surface area contributed by atoms with Gasteiger partial charge >= 0.3 is 0 Å². The van der Waals surface area contributed by atoms with Gasteiger partial charge in [-0.3, -0.25) is 14.9 Å². The highest BCUT2D eigenvalue weighted by molar-refractivity contribution is 6.33. The maximum Gasteiger partial charge on any atom is 0.270 e. The second-order valence-electron chi connectivity index (χ2n) is 8.23. The van der Waals surface area contributed by atoms with Gasteiger partial charge in [0, 0.05) is 43.9 Å². The minimum atomic E-state index is -0.535. The highest BCUT2D eigenvalue weighted by Crippen LogP contribution is 2.27. The van der Waals surface area contributed by atoms with Gasteiger partial charge in [0.15, 0.2) is 5.82 Å². The van der Waals surface area contributed by atoms with Crippen molar-refractivity contribution in [2.45, 2.75) is 20.8 Å². The summed E-state index contributed by atoms with van der Waals surface area (Å²) in [7, 11) is 0. The van der Waals surface area contributed by atoms with E-state index < -0.39 is 4.92 Å². The van der Waals surface area contributed by atoms with Crippen LogP contribution in [0.3, 0.4) is 0 Å². The van der Waals surface area contributed by atoms with Crippen LogP contribution >= 0.6 is 11.6 Å². The molecule has 1 aliphatic heterocycles. The molecule has 1 saturated heterocycles. The maximum atomic E-state index is 12.9. The Hall–Kier alpha value is -3.52. The van der Waals surface area contributed by atoms with Crippen LogP contribution in [0, 0.1) is 30.9 Å². The van der Waals surface area contributed by atoms with Crippen molar-refractivity contribution in [1.82, 2.24) is 15.1 Å². The molecule has 1 aromatic heterocycles. The Morgan fingerprint density at radius 3 is 2.27 bits per heavy atom. The van der Waals surface area contributed by atoms with Gasteiger partial charge in [-0.05, 0) is 61.7 Å². The number of halogens is 1. The number of carbonyl (C=O) groups excluding carboxylic acids is 1. The fourth-order valence-corrected chi connectivity index (χ4v) is 4.17. The summed E-state index contributed by atoms with van der Waals surface area (Å²) in [6.45, 7) is 8.32. The van der Waals surface area contributed by atoms with E-state index in [2.05, 4.69) is 48.0 Å². The van der Waals surface area contributed by atoms with Crippen LogP contribution in [-0.2, 0) is 0 Å². The van der Waals surface area contributed by atoms with Crippen LogP contribution in [0.15, 0.2) is 42.5 Å². The van der Waals surface area contributed by atoms with Crippen molar-refractivity contribution in [1.29, 1.82) is 0 Å². The lowest BCUT2D eigenvalue weighted by atomic mass is 9.99. The highest BCUT2D eigenvalue weighted by atomic mass is 35.5. The van der Waals surface area contributed by atoms with Crippen molar-refractivity contribution in [3.05, 3.63) is 79.9 Å². The lowest BCUT2D eigenvalue weighted by molar-refractivity contribution is -0.384. The molecule has 4 rings (SSSR count). The molecule has 0 radical (unpaired) electrons. The number of aryl methyl sites for hydroxylation is 3. The van der Waals surface area contributed by atoms with Crippen molar-refractivity contribution < 1.29 is 9.72 Å². The number of benzene rings is 2. The average molecular weight is 466 g/mol. The summed E-state index contributed by atoms with van der Waals surface area (Å²) in [5, 5.41) is 20.1. The Morgan fingerprint density at radius 1 is 0.939 bits per heavy atom. The summed E-state index contributed by atoms with van der Waals surface area (Å²) in [6.07, 6.45) is 0. The molecule has 1 amide bonds. The number of nitro groups is 1. The standard InChI is InChI=1S/C24H24ClN5O3/c1-15-12-17(3)19(13-16(15)2)22-6-7-23(27-26-22)28-8-10-29(11-9-28)24(31)20-14-18(30(32)33)4-5-21(20)25/h4-7,12-14H,8-11H2,1-3H3. The van der Waals surface area contributed by atoms with Gasteiger partial charge in [0.05, 0.1) is 21.2 Å². The Labute approximate surface area is 197 Å². The van der Waals surface area contributed by atoms with Crippen molar-refractivity contribution in [2.24, 2.45) is 0 Å². The van der Waals surface area contributed by atoms with Gasteiger partial charge in [-0.2, -0.15) is 0 Å². The molecule has 0 saturated carbocycles. The molecule has 0 aliphatic carbocycles. The number of anilines is 1. The van der Waals surface area contributed by atoms with E-state index in [-0.39, 0.29) is 22.2 Å². The molecule has 0 atom stereocenters. The molecule has 1 fully saturated rings. The quantitative estimate of drug-likeness (QED) is 0.413. The third-order valence-electron chi connectivity index (χ3n) is 6.05. The number of amides is 1. The number of hydrogen-bond acceptors (Lipinski definition) is 6. The Balaban J connectivity index is 1.44. The Morgan fingerprint density at radius 2 is 1.64 bits per heavy atom. The molecule has 9 heteroatoms. The monoisotopic (exact) mass is 465 g/mol. The van der Waals surface area contributed by atoms with Crippen LogP contribution in [0.1, 0.15) is 27.0 Å². The molecule has 170 valence electrons. The number of non-ortho nitro benzene ring substituents is 1. The number of aromatic nitrogens is 2. The number of nitrogens with zero attached hydrogens (tertiary/aromatic N) is 5. The normalized spacial score (nSPS) is 13.8. The van der Waals surface area contributed by atoms with Crippen LogP contribution in [0.4, 0.5) is 11.5 Å². The van der Waals surface area contributed by atoms with E-state index >= 15 is 0 Å². The van der Waals surface area contributed by atoms with Crippen LogP contribution in [0.2, 0.25) is 5.02 Å². The summed E-state index contributed by atoms with van der Waals surface area (Å²) in [5.41, 5.74) is 5.51. The van der Waals surface area contributed by atoms with Crippen LogP contribution < -0.4 is 4.90 Å². The number of piperazine rings is 1. The molecule has 8 nitrogen and oxygen atoms in total. The predicted molar refractivity (Wildman–Crippen MR) is 128 cm³/mol. The van der Waals surface area contributed by atoms with Crippen LogP contribution in [-0.4, -0.2) is 52.1 Å². The van der Waals surface area contributed by atoms with Crippen LogP contribution in [0.5, 0.6) is 0 Å². The van der Waals surface area contributed by atoms with Crippen molar-refractivity contribution in [3.8, 4) is 11.3 Å². The number of nitro benzene ring substituents is 1. The Kier molecular flexibility index (Phi) is 6.29. The van der Waals surface area contributed by atoms with Gasteiger partial charge in [-0.1, -0.05) is 17.7 Å². The van der Waals surface area contributed by atoms with Crippen LogP contribution in [0.25, 0.3) is 11.3 Å². The molecule has 2 heterocycles. The minimum Gasteiger partial charge on any atom is -0.352 e. The molecule has 0 bridgehead atoms. The molecular weight excluding hydrogens is 442 g/mol. The molecule has 0 N–H and O–H groups in total. The smallest absolute Gasteiger partial charge is 0.270 e. The average Bonchev–Trinajstić information content (AvgIpc) is 2.81. The zero-order valence-corrected chi connectivity index (χ0v) is 19.5. The third kappa shape index (κ3) is 4.66. The molecule has 0 spiro atoms. The van der Waals surface area contributed by atoms with E-state index in [9.17, 15) is 14.9 Å². The van der Waals surface area contributed by atoms with E-state index in [1.54, 1.807) is 4.90 Å². The van der Waals surface area contributed by atoms with Gasteiger partial charge in [-0.25, -0.2) is 0 Å². The molecular formula is C24H24ClN5O3. The van der Waals surface area contributed by atoms with Crippen molar-refractivity contribution >= 4 is 29.0 Å². The van der Waals surface area contributed by atoms with Gasteiger partial charge in [0.2, 0.25) is 0 Å². The number of rotatable bonds is 4. The first-order valence-electron chi connectivity index (χ1n) is 10.6. The summed E-state index contributed by atoms with van der Waals surface area (Å²) in [4.78, 5) is 27.1. The maximum absolute atomic E-state index is 12.9. The first-order chi connectivity index (χ1) is 15.7. The fourth-order valence-electron chi connectivity index (χ4n) is 3.97. The summed E-state index contributed by atoms with van der Waals surface area (Å²) >= 11 is 6.14. The molecule has 33 heavy (non-hydrogen) atoms. The highest BCUT2D eigenvalue weighted by Gasteiger charge is 2.26. The number of hydrogen-bond donors (Lipinski definition) is 0. The topological polar surface area (TPSA) is 92.5 Å². The van der Waals surface area contributed by atoms with E-state index in [0.717, 1.165) is 22.6 Å². The van der Waals surface area contributed by atoms with Crippen molar-refractivity contribution in [2.75, 3.05) is 31.1 Å². The van der Waals surface area contributed by atoms with Gasteiger partial charge < -0.3 is 9.80 Å². The second kappa shape index (κ2) is 9.15. The zero-order chi connectivity index (χ0) is 23.7. The molecule has 1 aliphatic rings. The van der Waals surface area contributed by atoms with E-state index in [1.807, 2.05) is 12.1 Å². The fraction of sp³-hybridized carbons (Fsp3) is 0.292. The van der Waals surface area contributed by atoms with Gasteiger partial charge in [0.25, 0.3) is 11.6 Å². The van der Waals surface area contributed by atoms with E-state index in [0.29, 0.717) is 26.2 Å². The minimum absolute atomic E-state index is 0.146. The van der Waals surface area contributed by atoms with E-state index in [1.165, 1.54) is 29.3 Å². The van der Waals surface area contributed by atoms with Gasteiger partial charge in [0.1, 0.15) is 0 Å². The van der Waals surface area contributed by atoms with Gasteiger partial charge in [-0.15, -0.1) is 10.2 Å². The molecule has 2 aromatic carbocycles. The number of carbonyl (C=O) groups is 1. The SMILES string of the molecule is Cc1cc(C)c(-c2ccc(N3CCN(C(=O)c4cc([N+](=O)[O-])ccc4Cl)CC3)nn2)cc1C. The summed E-state index contributed by atoms with van der Waals surface area (Å²) in [5.74, 6) is 0.440. The van der Waals surface area contributed by atoms with Crippen molar-refractivity contribution in [3.63, 3.8) is 0 Å². The second-order valence-corrected chi connectivity index (χ2v) is 8.64. The first kappa shape index (κ1) is 22.7. The first-order valence-corrected chi connectivity index (χ1v) is 11.0. The largest absolute Gasteiger partial charge is 0.352 e. The summed E-state index contributed by atoms with van der Waals surface area (Å²) in [6, 6.07) is 12.1. The zero-order valence-electron chi connectivity index (χ0n) is 18.7. The lowest BCUT2D eigenvalue weighted by Crippen LogP contribution is -2.49. The predicted octanol–water partition coefficient (Wildman–Crippen LogP) is 4.59. The third-order valence-corrected chi connectivity index (χ3v) is 6.38. The van der Waals surface area contributed by atoms with E-state index in [4.69, 9.17) is 11.6 Å². The lowest BCUT2D eigenvalue weighted by Gasteiger charge is -2.35.